The Morgan fingerprint density at radius 3 is 2.55 bits per heavy atom. The van der Waals surface area contributed by atoms with Crippen molar-refractivity contribution < 1.29 is 4.79 Å². The highest BCUT2D eigenvalue weighted by Gasteiger charge is 2.09. The highest BCUT2D eigenvalue weighted by atomic mass is 127. The number of nitrogens with zero attached hydrogens (tertiary/aromatic N) is 1. The average molecular weight is 380 g/mol. The first-order valence-corrected chi connectivity index (χ1v) is 7.40. The lowest BCUT2D eigenvalue weighted by Crippen LogP contribution is -2.14. The number of benzene rings is 2. The van der Waals surface area contributed by atoms with Gasteiger partial charge in [-0.3, -0.25) is 4.79 Å². The van der Waals surface area contributed by atoms with Gasteiger partial charge < -0.3 is 10.2 Å². The van der Waals surface area contributed by atoms with Gasteiger partial charge >= 0.3 is 0 Å². The largest absolute Gasteiger partial charge is 0.378 e. The molecule has 0 aliphatic heterocycles. The predicted octanol–water partition coefficient (Wildman–Crippen LogP) is 3.92. The van der Waals surface area contributed by atoms with Crippen molar-refractivity contribution in [2.75, 3.05) is 24.3 Å². The minimum Gasteiger partial charge on any atom is -0.378 e. The Hall–Kier alpha value is -1.56. The van der Waals surface area contributed by atoms with Gasteiger partial charge in [-0.1, -0.05) is 6.07 Å². The van der Waals surface area contributed by atoms with Crippen LogP contribution in [0.15, 0.2) is 42.5 Å². The monoisotopic (exact) mass is 380 g/mol. The number of halogens is 1. The van der Waals surface area contributed by atoms with Gasteiger partial charge in [-0.2, -0.15) is 0 Å². The molecule has 3 nitrogen and oxygen atoms in total. The summed E-state index contributed by atoms with van der Waals surface area (Å²) >= 11 is 2.26. The van der Waals surface area contributed by atoms with E-state index in [1.807, 2.05) is 68.4 Å². The second-order valence-corrected chi connectivity index (χ2v) is 6.10. The summed E-state index contributed by atoms with van der Waals surface area (Å²) in [5, 5.41) is 2.96. The molecule has 2 rings (SSSR count). The van der Waals surface area contributed by atoms with Crippen molar-refractivity contribution in [1.29, 1.82) is 0 Å². The number of aryl methyl sites for hydroxylation is 1. The molecule has 1 N–H and O–H groups in total. The van der Waals surface area contributed by atoms with Gasteiger partial charge in [0.25, 0.3) is 5.91 Å². The summed E-state index contributed by atoms with van der Waals surface area (Å²) in [5.41, 5.74) is 3.59. The number of anilines is 2. The minimum absolute atomic E-state index is 0.0852. The van der Waals surface area contributed by atoms with Crippen LogP contribution in [0.3, 0.4) is 0 Å². The first kappa shape index (κ1) is 14.8. The fraction of sp³-hybridized carbons (Fsp3) is 0.188. The normalized spacial score (nSPS) is 10.2. The molecule has 0 aliphatic carbocycles. The third kappa shape index (κ3) is 3.50. The molecule has 0 atom stereocenters. The molecule has 104 valence electrons. The van der Waals surface area contributed by atoms with Gasteiger partial charge in [0.05, 0.1) is 0 Å². The lowest BCUT2D eigenvalue weighted by molar-refractivity contribution is 0.102. The summed E-state index contributed by atoms with van der Waals surface area (Å²) in [7, 11) is 3.92. The van der Waals surface area contributed by atoms with E-state index in [1.165, 1.54) is 0 Å². The zero-order valence-electron chi connectivity index (χ0n) is 11.8. The highest BCUT2D eigenvalue weighted by Crippen LogP contribution is 2.19. The lowest BCUT2D eigenvalue weighted by atomic mass is 10.1. The van der Waals surface area contributed by atoms with Gasteiger partial charge in [-0.05, 0) is 71.5 Å². The highest BCUT2D eigenvalue weighted by molar-refractivity contribution is 14.1. The van der Waals surface area contributed by atoms with E-state index in [4.69, 9.17) is 0 Å². The van der Waals surface area contributed by atoms with Crippen LogP contribution in [0.4, 0.5) is 11.4 Å². The number of nitrogens with one attached hydrogen (secondary N) is 1. The van der Waals surface area contributed by atoms with E-state index >= 15 is 0 Å². The van der Waals surface area contributed by atoms with Crippen LogP contribution in [-0.4, -0.2) is 20.0 Å². The van der Waals surface area contributed by atoms with Crippen molar-refractivity contribution in [2.24, 2.45) is 0 Å². The maximum absolute atomic E-state index is 12.3. The second kappa shape index (κ2) is 6.26. The first-order chi connectivity index (χ1) is 9.47. The van der Waals surface area contributed by atoms with Crippen LogP contribution in [0.2, 0.25) is 0 Å². The van der Waals surface area contributed by atoms with Crippen LogP contribution in [0.25, 0.3) is 0 Å². The molecule has 0 bridgehead atoms. The Bertz CT molecular complexity index is 638. The van der Waals surface area contributed by atoms with Crippen molar-refractivity contribution in [1.82, 2.24) is 0 Å². The maximum atomic E-state index is 12.3. The fourth-order valence-electron chi connectivity index (χ4n) is 1.89. The number of rotatable bonds is 3. The molecule has 0 heterocycles. The molecule has 1 amide bonds. The molecule has 0 aromatic heterocycles. The Labute approximate surface area is 133 Å². The summed E-state index contributed by atoms with van der Waals surface area (Å²) < 4.78 is 1.16. The van der Waals surface area contributed by atoms with E-state index < -0.39 is 0 Å². The predicted molar refractivity (Wildman–Crippen MR) is 92.6 cm³/mol. The third-order valence-electron chi connectivity index (χ3n) is 3.06. The van der Waals surface area contributed by atoms with Crippen LogP contribution in [-0.2, 0) is 0 Å². The van der Waals surface area contributed by atoms with Gasteiger partial charge in [-0.25, -0.2) is 0 Å². The van der Waals surface area contributed by atoms with Crippen molar-refractivity contribution in [3.05, 3.63) is 57.2 Å². The Balaban J connectivity index is 2.21. The average Bonchev–Trinajstić information content (AvgIpc) is 2.42. The number of carbonyl (C=O) groups excluding carboxylic acids is 1. The SMILES string of the molecule is Cc1cc(I)ccc1NC(=O)c1cccc(N(C)C)c1. The summed E-state index contributed by atoms with van der Waals surface area (Å²) in [6.07, 6.45) is 0. The van der Waals surface area contributed by atoms with Crippen molar-refractivity contribution in [2.45, 2.75) is 6.92 Å². The van der Waals surface area contributed by atoms with Gasteiger partial charge in [-0.15, -0.1) is 0 Å². The van der Waals surface area contributed by atoms with Crippen molar-refractivity contribution >= 4 is 39.9 Å². The van der Waals surface area contributed by atoms with Crippen LogP contribution in [0.1, 0.15) is 15.9 Å². The standard InChI is InChI=1S/C16H17IN2O/c1-11-9-13(17)7-8-15(11)18-16(20)12-5-4-6-14(10-12)19(2)3/h4-10H,1-3H3,(H,18,20). The molecule has 0 unspecified atom stereocenters. The molecule has 0 spiro atoms. The Morgan fingerprint density at radius 1 is 1.15 bits per heavy atom. The van der Waals surface area contributed by atoms with E-state index in [2.05, 4.69) is 27.9 Å². The molecule has 4 heteroatoms. The van der Waals surface area contributed by atoms with E-state index in [1.54, 1.807) is 0 Å². The smallest absolute Gasteiger partial charge is 0.255 e. The molecule has 0 fully saturated rings. The molecule has 0 radical (unpaired) electrons. The van der Waals surface area contributed by atoms with Gasteiger partial charge in [0, 0.05) is 34.6 Å². The molecule has 2 aromatic carbocycles. The zero-order chi connectivity index (χ0) is 14.7. The maximum Gasteiger partial charge on any atom is 0.255 e. The van der Waals surface area contributed by atoms with E-state index in [-0.39, 0.29) is 5.91 Å². The van der Waals surface area contributed by atoms with Gasteiger partial charge in [0.2, 0.25) is 0 Å². The molecule has 0 aliphatic rings. The van der Waals surface area contributed by atoms with Crippen LogP contribution < -0.4 is 10.2 Å². The summed E-state index contributed by atoms with van der Waals surface area (Å²) in [6.45, 7) is 1.99. The molecular weight excluding hydrogens is 363 g/mol. The lowest BCUT2D eigenvalue weighted by Gasteiger charge is -2.14. The number of hydrogen-bond donors (Lipinski definition) is 1. The Morgan fingerprint density at radius 2 is 1.90 bits per heavy atom. The topological polar surface area (TPSA) is 32.3 Å². The second-order valence-electron chi connectivity index (χ2n) is 4.86. The van der Waals surface area contributed by atoms with E-state index in [0.717, 1.165) is 20.5 Å². The van der Waals surface area contributed by atoms with Crippen LogP contribution in [0.5, 0.6) is 0 Å². The van der Waals surface area contributed by atoms with Crippen LogP contribution in [0, 0.1) is 10.5 Å². The third-order valence-corrected chi connectivity index (χ3v) is 3.73. The van der Waals surface area contributed by atoms with Gasteiger partial charge in [0.1, 0.15) is 0 Å². The molecule has 0 saturated carbocycles. The van der Waals surface area contributed by atoms with E-state index in [0.29, 0.717) is 5.56 Å². The molecular formula is C16H17IN2O. The molecule has 0 saturated heterocycles. The van der Waals surface area contributed by atoms with Gasteiger partial charge in [0.15, 0.2) is 0 Å². The van der Waals surface area contributed by atoms with Crippen molar-refractivity contribution in [3.8, 4) is 0 Å². The number of hydrogen-bond acceptors (Lipinski definition) is 2. The molecule has 2 aromatic rings. The fourth-order valence-corrected chi connectivity index (χ4v) is 2.53. The first-order valence-electron chi connectivity index (χ1n) is 6.32. The quantitative estimate of drug-likeness (QED) is 0.819. The summed E-state index contributed by atoms with van der Waals surface area (Å²) in [6, 6.07) is 13.6. The summed E-state index contributed by atoms with van der Waals surface area (Å²) in [4.78, 5) is 14.3. The van der Waals surface area contributed by atoms with Crippen molar-refractivity contribution in [3.63, 3.8) is 0 Å². The van der Waals surface area contributed by atoms with E-state index in [9.17, 15) is 4.79 Å². The number of amides is 1. The number of carbonyl (C=O) groups is 1. The Kier molecular flexibility index (Phi) is 4.65. The summed E-state index contributed by atoms with van der Waals surface area (Å²) in [5.74, 6) is -0.0852. The minimum atomic E-state index is -0.0852. The van der Waals surface area contributed by atoms with Crippen LogP contribution >= 0.6 is 22.6 Å². The zero-order valence-corrected chi connectivity index (χ0v) is 13.9. The molecule has 20 heavy (non-hydrogen) atoms.